The van der Waals surface area contributed by atoms with Crippen LogP contribution in [0.5, 0.6) is 0 Å². The second-order valence-electron chi connectivity index (χ2n) is 6.29. The molecule has 4 nitrogen and oxygen atoms in total. The lowest BCUT2D eigenvalue weighted by molar-refractivity contribution is -0.133. The number of aliphatic hydroxyl groups is 1. The molecule has 1 aliphatic rings. The Morgan fingerprint density at radius 2 is 1.91 bits per heavy atom. The number of aliphatic hydroxyl groups excluding tert-OH is 1. The van der Waals surface area contributed by atoms with Crippen LogP contribution in [0, 0.1) is 5.92 Å². The first-order valence-electron chi connectivity index (χ1n) is 8.19. The quantitative estimate of drug-likeness (QED) is 0.849. The van der Waals surface area contributed by atoms with Gasteiger partial charge in [0.15, 0.2) is 0 Å². The van der Waals surface area contributed by atoms with Gasteiger partial charge in [-0.2, -0.15) is 0 Å². The lowest BCUT2D eigenvalue weighted by Crippen LogP contribution is -2.40. The van der Waals surface area contributed by atoms with E-state index in [4.69, 9.17) is 4.74 Å². The van der Waals surface area contributed by atoms with E-state index in [0.717, 1.165) is 18.4 Å². The molecule has 4 heteroatoms. The van der Waals surface area contributed by atoms with Crippen molar-refractivity contribution in [2.24, 2.45) is 5.92 Å². The summed E-state index contributed by atoms with van der Waals surface area (Å²) in [5.41, 5.74) is 1.16. The fourth-order valence-corrected chi connectivity index (χ4v) is 3.26. The molecule has 0 saturated carbocycles. The van der Waals surface area contributed by atoms with Crippen LogP contribution in [0.1, 0.15) is 44.6 Å². The molecule has 3 atom stereocenters. The number of carbonyl (C=O) groups is 1. The van der Waals surface area contributed by atoms with E-state index in [2.05, 4.69) is 5.32 Å². The molecule has 2 N–H and O–H groups in total. The van der Waals surface area contributed by atoms with Gasteiger partial charge in [-0.05, 0) is 38.7 Å². The lowest BCUT2D eigenvalue weighted by atomic mass is 9.91. The molecule has 0 spiro atoms. The third-order valence-electron chi connectivity index (χ3n) is 4.34. The van der Waals surface area contributed by atoms with E-state index >= 15 is 0 Å². The van der Waals surface area contributed by atoms with Gasteiger partial charge in [-0.25, -0.2) is 0 Å². The second kappa shape index (κ2) is 8.30. The van der Waals surface area contributed by atoms with Gasteiger partial charge in [-0.3, -0.25) is 4.79 Å². The predicted molar refractivity (Wildman–Crippen MR) is 86.6 cm³/mol. The highest BCUT2D eigenvalue weighted by atomic mass is 16.5. The maximum absolute atomic E-state index is 12.4. The van der Waals surface area contributed by atoms with Crippen LogP contribution in [0.4, 0.5) is 0 Å². The van der Waals surface area contributed by atoms with Gasteiger partial charge in [0.25, 0.3) is 0 Å². The molecule has 0 bridgehead atoms. The monoisotopic (exact) mass is 305 g/mol. The minimum Gasteiger partial charge on any atom is -0.396 e. The van der Waals surface area contributed by atoms with Crippen molar-refractivity contribution in [1.29, 1.82) is 0 Å². The van der Waals surface area contributed by atoms with Crippen LogP contribution in [-0.2, 0) is 9.53 Å². The zero-order valence-corrected chi connectivity index (χ0v) is 13.5. The topological polar surface area (TPSA) is 58.6 Å². The van der Waals surface area contributed by atoms with Gasteiger partial charge < -0.3 is 15.2 Å². The maximum Gasteiger partial charge on any atom is 0.223 e. The molecule has 1 fully saturated rings. The number of hydrogen-bond acceptors (Lipinski definition) is 3. The van der Waals surface area contributed by atoms with Crippen molar-refractivity contribution in [2.75, 3.05) is 13.2 Å². The van der Waals surface area contributed by atoms with Gasteiger partial charge in [0.05, 0.1) is 12.2 Å². The number of hydrogen-bond donors (Lipinski definition) is 2. The molecule has 1 heterocycles. The highest BCUT2D eigenvalue weighted by Crippen LogP contribution is 2.25. The summed E-state index contributed by atoms with van der Waals surface area (Å²) in [7, 11) is 0. The Hall–Kier alpha value is -1.39. The van der Waals surface area contributed by atoms with Crippen LogP contribution < -0.4 is 5.32 Å². The molecule has 1 aromatic carbocycles. The molecule has 1 saturated heterocycles. The highest BCUT2D eigenvalue weighted by Gasteiger charge is 2.29. The Labute approximate surface area is 132 Å². The summed E-state index contributed by atoms with van der Waals surface area (Å²) in [6.45, 7) is 4.74. The zero-order chi connectivity index (χ0) is 15.9. The predicted octanol–water partition coefficient (Wildman–Crippen LogP) is 2.47. The van der Waals surface area contributed by atoms with Gasteiger partial charge in [-0.1, -0.05) is 30.3 Å². The van der Waals surface area contributed by atoms with E-state index in [-0.39, 0.29) is 36.6 Å². The molecular weight excluding hydrogens is 278 g/mol. The fourth-order valence-electron chi connectivity index (χ4n) is 3.26. The normalized spacial score (nSPS) is 26.4. The molecule has 1 aliphatic heterocycles. The third kappa shape index (κ3) is 4.82. The lowest BCUT2D eigenvalue weighted by Gasteiger charge is -2.31. The average molecular weight is 305 g/mol. The number of nitrogens with one attached hydrogen (secondary N) is 1. The first-order chi connectivity index (χ1) is 10.6. The van der Waals surface area contributed by atoms with E-state index in [1.165, 1.54) is 0 Å². The van der Waals surface area contributed by atoms with E-state index in [1.807, 2.05) is 44.2 Å². The summed E-state index contributed by atoms with van der Waals surface area (Å²) in [5.74, 6) is 0.301. The molecular formula is C18H27NO3. The molecule has 1 amide bonds. The Morgan fingerprint density at radius 1 is 1.27 bits per heavy atom. The Bertz CT molecular complexity index is 453. The molecule has 0 aliphatic carbocycles. The summed E-state index contributed by atoms with van der Waals surface area (Å²) in [5, 5.41) is 12.3. The van der Waals surface area contributed by atoms with Gasteiger partial charge in [0, 0.05) is 25.0 Å². The third-order valence-corrected chi connectivity index (χ3v) is 4.34. The van der Waals surface area contributed by atoms with Gasteiger partial charge >= 0.3 is 0 Å². The van der Waals surface area contributed by atoms with E-state index in [9.17, 15) is 9.90 Å². The summed E-state index contributed by atoms with van der Waals surface area (Å²) in [6, 6.07) is 10.0. The Morgan fingerprint density at radius 3 is 2.50 bits per heavy atom. The minimum absolute atomic E-state index is 0.0318. The van der Waals surface area contributed by atoms with Crippen LogP contribution in [0.2, 0.25) is 0 Å². The summed E-state index contributed by atoms with van der Waals surface area (Å²) in [6.07, 6.45) is 2.51. The molecule has 2 rings (SSSR count). The molecule has 1 aromatic rings. The number of amides is 1. The molecule has 122 valence electrons. The Kier molecular flexibility index (Phi) is 6.40. The van der Waals surface area contributed by atoms with E-state index in [1.54, 1.807) is 0 Å². The van der Waals surface area contributed by atoms with E-state index in [0.29, 0.717) is 13.0 Å². The first kappa shape index (κ1) is 17.0. The number of ether oxygens (including phenoxy) is 1. The molecule has 22 heavy (non-hydrogen) atoms. The van der Waals surface area contributed by atoms with Crippen molar-refractivity contribution in [1.82, 2.24) is 5.32 Å². The average Bonchev–Trinajstić information content (AvgIpc) is 2.51. The van der Waals surface area contributed by atoms with Gasteiger partial charge in [0.1, 0.15) is 0 Å². The second-order valence-corrected chi connectivity index (χ2v) is 6.29. The van der Waals surface area contributed by atoms with Crippen molar-refractivity contribution in [2.45, 2.75) is 51.2 Å². The number of benzene rings is 1. The number of rotatable bonds is 6. The SMILES string of the molecule is CC1CC(C(=O)NCC(CCO)c2ccccc2)CC(C)O1. The highest BCUT2D eigenvalue weighted by molar-refractivity contribution is 5.78. The van der Waals surface area contributed by atoms with Crippen LogP contribution in [0.3, 0.4) is 0 Å². The zero-order valence-electron chi connectivity index (χ0n) is 13.5. The van der Waals surface area contributed by atoms with Crippen LogP contribution in [-0.4, -0.2) is 36.4 Å². The van der Waals surface area contributed by atoms with Gasteiger partial charge in [-0.15, -0.1) is 0 Å². The summed E-state index contributed by atoms with van der Waals surface area (Å²) in [4.78, 5) is 12.4. The minimum atomic E-state index is 0.0318. The van der Waals surface area contributed by atoms with Crippen molar-refractivity contribution in [3.63, 3.8) is 0 Å². The standard InChI is InChI=1S/C18H27NO3/c1-13-10-17(11-14(2)22-13)18(21)19-12-16(8-9-20)15-6-4-3-5-7-15/h3-7,13-14,16-17,20H,8-12H2,1-2H3,(H,19,21). The van der Waals surface area contributed by atoms with Crippen LogP contribution in [0.15, 0.2) is 30.3 Å². The van der Waals surface area contributed by atoms with E-state index < -0.39 is 0 Å². The molecule has 3 unspecified atom stereocenters. The largest absolute Gasteiger partial charge is 0.396 e. The van der Waals surface area contributed by atoms with Crippen LogP contribution in [0.25, 0.3) is 0 Å². The van der Waals surface area contributed by atoms with Crippen molar-refractivity contribution in [3.8, 4) is 0 Å². The van der Waals surface area contributed by atoms with Gasteiger partial charge in [0.2, 0.25) is 5.91 Å². The smallest absolute Gasteiger partial charge is 0.223 e. The fraction of sp³-hybridized carbons (Fsp3) is 0.611. The van der Waals surface area contributed by atoms with Crippen molar-refractivity contribution in [3.05, 3.63) is 35.9 Å². The van der Waals surface area contributed by atoms with Crippen molar-refractivity contribution >= 4 is 5.91 Å². The van der Waals surface area contributed by atoms with Crippen molar-refractivity contribution < 1.29 is 14.6 Å². The summed E-state index contributed by atoms with van der Waals surface area (Å²) < 4.78 is 5.69. The first-order valence-corrected chi connectivity index (χ1v) is 8.19. The molecule has 0 radical (unpaired) electrons. The maximum atomic E-state index is 12.4. The number of carbonyl (C=O) groups excluding carboxylic acids is 1. The van der Waals surface area contributed by atoms with Crippen LogP contribution >= 0.6 is 0 Å². The summed E-state index contributed by atoms with van der Waals surface area (Å²) >= 11 is 0. The Balaban J connectivity index is 1.90. The molecule has 0 aromatic heterocycles.